The minimum absolute atomic E-state index is 0.222. The molecule has 4 aromatic rings. The van der Waals surface area contributed by atoms with Crippen molar-refractivity contribution in [1.29, 1.82) is 0 Å². The van der Waals surface area contributed by atoms with E-state index in [0.717, 1.165) is 5.56 Å². The zero-order valence-corrected chi connectivity index (χ0v) is 21.7. The van der Waals surface area contributed by atoms with E-state index in [-0.39, 0.29) is 12.2 Å². The van der Waals surface area contributed by atoms with Gasteiger partial charge in [-0.15, -0.1) is 0 Å². The number of aromatic nitrogens is 1. The molecule has 0 N–H and O–H groups in total. The second-order valence-electron chi connectivity index (χ2n) is 8.04. The van der Waals surface area contributed by atoms with Crippen LogP contribution in [0.4, 0.5) is 0 Å². The number of benzene rings is 2. The number of rotatable bonds is 5. The Kier molecular flexibility index (Phi) is 6.71. The molecule has 5 rings (SSSR count). The van der Waals surface area contributed by atoms with E-state index in [4.69, 9.17) is 32.4 Å². The van der Waals surface area contributed by atoms with Crippen molar-refractivity contribution in [2.75, 3.05) is 6.61 Å². The standard InChI is InChI=1S/C27H20Cl2N2O4S/c1-3-34-26(33)23-15(2)30-27-31(24(23)16-7-5-4-6-8-16)25(32)22(36-27)14-18-10-12-21(35-18)19-11-9-17(28)13-20(19)29/h4-14,24H,3H2,1-2H3/b22-14-/t24-/m1/s1. The van der Waals surface area contributed by atoms with Crippen molar-refractivity contribution < 1.29 is 13.9 Å². The third-order valence-corrected chi connectivity index (χ3v) is 7.26. The third-order valence-electron chi connectivity index (χ3n) is 5.73. The van der Waals surface area contributed by atoms with Crippen molar-refractivity contribution in [2.45, 2.75) is 19.9 Å². The predicted molar refractivity (Wildman–Crippen MR) is 141 cm³/mol. The van der Waals surface area contributed by atoms with Crippen LogP contribution in [0.15, 0.2) is 86.1 Å². The molecule has 1 atom stereocenters. The van der Waals surface area contributed by atoms with Crippen LogP contribution in [0.25, 0.3) is 17.4 Å². The second-order valence-corrected chi connectivity index (χ2v) is 9.89. The monoisotopic (exact) mass is 538 g/mol. The van der Waals surface area contributed by atoms with Gasteiger partial charge in [0.05, 0.1) is 33.5 Å². The van der Waals surface area contributed by atoms with Crippen molar-refractivity contribution in [2.24, 2.45) is 4.99 Å². The first-order valence-electron chi connectivity index (χ1n) is 11.2. The van der Waals surface area contributed by atoms with Crippen LogP contribution in [-0.4, -0.2) is 17.1 Å². The van der Waals surface area contributed by atoms with Gasteiger partial charge in [0.25, 0.3) is 5.56 Å². The summed E-state index contributed by atoms with van der Waals surface area (Å²) in [6.45, 7) is 3.73. The Morgan fingerprint density at radius 1 is 1.17 bits per heavy atom. The minimum atomic E-state index is -0.649. The third kappa shape index (κ3) is 4.46. The van der Waals surface area contributed by atoms with E-state index in [1.165, 1.54) is 11.3 Å². The molecule has 2 aromatic heterocycles. The maximum atomic E-state index is 13.6. The first-order chi connectivity index (χ1) is 17.4. The highest BCUT2D eigenvalue weighted by molar-refractivity contribution is 7.07. The average molecular weight is 539 g/mol. The van der Waals surface area contributed by atoms with Crippen LogP contribution in [0.1, 0.15) is 31.2 Å². The molecule has 0 radical (unpaired) electrons. The van der Waals surface area contributed by atoms with E-state index >= 15 is 0 Å². The number of allylic oxidation sites excluding steroid dienone is 1. The molecule has 0 saturated carbocycles. The van der Waals surface area contributed by atoms with Crippen LogP contribution in [0.2, 0.25) is 10.0 Å². The van der Waals surface area contributed by atoms with Crippen LogP contribution >= 0.6 is 34.5 Å². The van der Waals surface area contributed by atoms with Crippen LogP contribution in [0.3, 0.4) is 0 Å². The number of nitrogens with zero attached hydrogens (tertiary/aromatic N) is 2. The molecule has 0 amide bonds. The topological polar surface area (TPSA) is 73.8 Å². The maximum absolute atomic E-state index is 13.6. The highest BCUT2D eigenvalue weighted by Crippen LogP contribution is 2.32. The van der Waals surface area contributed by atoms with E-state index in [9.17, 15) is 9.59 Å². The van der Waals surface area contributed by atoms with Crippen molar-refractivity contribution in [1.82, 2.24) is 4.57 Å². The minimum Gasteiger partial charge on any atom is -0.463 e. The van der Waals surface area contributed by atoms with Crippen molar-refractivity contribution in [3.63, 3.8) is 0 Å². The van der Waals surface area contributed by atoms with Gasteiger partial charge in [0.15, 0.2) is 4.80 Å². The van der Waals surface area contributed by atoms with Gasteiger partial charge in [-0.2, -0.15) is 0 Å². The number of carbonyl (C=O) groups excluding carboxylic acids is 1. The molecule has 0 bridgehead atoms. The summed E-state index contributed by atoms with van der Waals surface area (Å²) in [7, 11) is 0. The number of ether oxygens (including phenoxy) is 1. The molecular weight excluding hydrogens is 519 g/mol. The van der Waals surface area contributed by atoms with Gasteiger partial charge >= 0.3 is 5.97 Å². The van der Waals surface area contributed by atoms with Gasteiger partial charge in [0.1, 0.15) is 11.5 Å². The molecule has 2 aromatic carbocycles. The van der Waals surface area contributed by atoms with Gasteiger partial charge in [-0.3, -0.25) is 9.36 Å². The Labute approximate surface area is 220 Å². The molecule has 0 fully saturated rings. The number of carbonyl (C=O) groups is 1. The van der Waals surface area contributed by atoms with Crippen LogP contribution in [0, 0.1) is 0 Å². The predicted octanol–water partition coefficient (Wildman–Crippen LogP) is 5.37. The van der Waals surface area contributed by atoms with Gasteiger partial charge in [-0.25, -0.2) is 9.79 Å². The molecule has 0 unspecified atom stereocenters. The van der Waals surface area contributed by atoms with E-state index in [2.05, 4.69) is 4.99 Å². The summed E-state index contributed by atoms with van der Waals surface area (Å²) in [5.74, 6) is 0.551. The SMILES string of the molecule is CCOC(=O)C1=C(C)N=c2s/c(=C\c3ccc(-c4ccc(Cl)cc4Cl)o3)c(=O)n2[C@@H]1c1ccccc1. The van der Waals surface area contributed by atoms with Gasteiger partial charge in [-0.1, -0.05) is 64.9 Å². The fourth-order valence-electron chi connectivity index (χ4n) is 4.14. The number of furan rings is 1. The summed E-state index contributed by atoms with van der Waals surface area (Å²) >= 11 is 13.6. The molecule has 1 aliphatic heterocycles. The van der Waals surface area contributed by atoms with E-state index < -0.39 is 12.0 Å². The zero-order valence-electron chi connectivity index (χ0n) is 19.3. The summed E-state index contributed by atoms with van der Waals surface area (Å²) in [6.07, 6.45) is 1.67. The largest absolute Gasteiger partial charge is 0.463 e. The zero-order chi connectivity index (χ0) is 25.4. The van der Waals surface area contributed by atoms with Gasteiger partial charge in [0, 0.05) is 16.7 Å². The molecular formula is C27H20Cl2N2O4S. The highest BCUT2D eigenvalue weighted by Gasteiger charge is 2.33. The molecule has 36 heavy (non-hydrogen) atoms. The molecule has 9 heteroatoms. The van der Waals surface area contributed by atoms with Crippen molar-refractivity contribution in [3.8, 4) is 11.3 Å². The quantitative estimate of drug-likeness (QED) is 0.320. The van der Waals surface area contributed by atoms with E-state index in [0.29, 0.717) is 47.7 Å². The Balaban J connectivity index is 1.63. The highest BCUT2D eigenvalue weighted by atomic mass is 35.5. The smallest absolute Gasteiger partial charge is 0.338 e. The normalized spacial score (nSPS) is 15.6. The average Bonchev–Trinajstić information content (AvgIpc) is 3.43. The molecule has 0 spiro atoms. The number of esters is 1. The number of hydrogen-bond acceptors (Lipinski definition) is 6. The summed E-state index contributed by atoms with van der Waals surface area (Å²) in [6, 6.07) is 17.4. The van der Waals surface area contributed by atoms with Gasteiger partial charge < -0.3 is 9.15 Å². The Morgan fingerprint density at radius 3 is 2.67 bits per heavy atom. The van der Waals surface area contributed by atoms with Gasteiger partial charge in [-0.05, 0) is 49.7 Å². The van der Waals surface area contributed by atoms with Crippen LogP contribution < -0.4 is 14.9 Å². The van der Waals surface area contributed by atoms with Gasteiger partial charge in [0.2, 0.25) is 0 Å². The molecule has 6 nitrogen and oxygen atoms in total. The summed E-state index contributed by atoms with van der Waals surface area (Å²) < 4.78 is 13.3. The molecule has 182 valence electrons. The number of hydrogen-bond donors (Lipinski definition) is 0. The number of fused-ring (bicyclic) bond motifs is 1. The summed E-state index contributed by atoms with van der Waals surface area (Å²) in [5.41, 5.74) is 2.08. The Bertz CT molecular complexity index is 1680. The van der Waals surface area contributed by atoms with E-state index in [1.54, 1.807) is 54.8 Å². The fourth-order valence-corrected chi connectivity index (χ4v) is 5.66. The Hall–Kier alpha value is -3.39. The fraction of sp³-hybridized carbons (Fsp3) is 0.148. The summed E-state index contributed by atoms with van der Waals surface area (Å²) in [4.78, 5) is 31.6. The lowest BCUT2D eigenvalue weighted by Gasteiger charge is -2.24. The lowest BCUT2D eigenvalue weighted by molar-refractivity contribution is -0.139. The second kappa shape index (κ2) is 9.93. The lowest BCUT2D eigenvalue weighted by atomic mass is 9.96. The van der Waals surface area contributed by atoms with Crippen molar-refractivity contribution >= 4 is 46.6 Å². The van der Waals surface area contributed by atoms with Crippen LogP contribution in [0.5, 0.6) is 0 Å². The summed E-state index contributed by atoms with van der Waals surface area (Å²) in [5, 5.41) is 0.995. The number of thiazole rings is 1. The molecule has 3 heterocycles. The first kappa shape index (κ1) is 24.3. The number of halogens is 2. The van der Waals surface area contributed by atoms with Crippen molar-refractivity contribution in [3.05, 3.63) is 113 Å². The van der Waals surface area contributed by atoms with Crippen LogP contribution in [-0.2, 0) is 9.53 Å². The maximum Gasteiger partial charge on any atom is 0.338 e. The molecule has 0 saturated heterocycles. The van der Waals surface area contributed by atoms with E-state index in [1.807, 2.05) is 30.3 Å². The lowest BCUT2D eigenvalue weighted by Crippen LogP contribution is -2.39. The molecule has 1 aliphatic rings. The first-order valence-corrected chi connectivity index (χ1v) is 12.7. The Morgan fingerprint density at radius 2 is 1.94 bits per heavy atom. The molecule has 0 aliphatic carbocycles.